The quantitative estimate of drug-likeness (QED) is 0.294. The molecule has 1 aromatic heterocycles. The number of fused-ring (bicyclic) bond motifs is 1. The van der Waals surface area contributed by atoms with E-state index in [0.29, 0.717) is 25.3 Å². The van der Waals surface area contributed by atoms with Gasteiger partial charge in [0.1, 0.15) is 6.04 Å². The average molecular weight is 549 g/mol. The van der Waals surface area contributed by atoms with Crippen molar-refractivity contribution in [3.05, 3.63) is 66.2 Å². The number of carbonyl (C=O) groups is 4. The van der Waals surface area contributed by atoms with Crippen LogP contribution in [0.3, 0.4) is 0 Å². The Kier molecular flexibility index (Phi) is 9.49. The normalized spacial score (nSPS) is 15.8. The van der Waals surface area contributed by atoms with Crippen molar-refractivity contribution in [1.82, 2.24) is 24.7 Å². The summed E-state index contributed by atoms with van der Waals surface area (Å²) in [4.78, 5) is 61.8. The molecule has 40 heavy (non-hydrogen) atoms. The van der Waals surface area contributed by atoms with Crippen LogP contribution in [0.2, 0.25) is 0 Å². The molecule has 0 radical (unpaired) electrons. The third-order valence-electron chi connectivity index (χ3n) is 7.50. The van der Waals surface area contributed by atoms with Crippen LogP contribution < -0.4 is 5.73 Å². The molecule has 4 N–H and O–H groups in total. The van der Waals surface area contributed by atoms with Crippen molar-refractivity contribution < 1.29 is 24.3 Å². The van der Waals surface area contributed by atoms with Crippen LogP contribution in [-0.2, 0) is 32.1 Å². The van der Waals surface area contributed by atoms with E-state index in [2.05, 4.69) is 9.97 Å². The zero-order valence-corrected chi connectivity index (χ0v) is 22.7. The van der Waals surface area contributed by atoms with E-state index in [1.54, 1.807) is 12.5 Å². The summed E-state index contributed by atoms with van der Waals surface area (Å²) in [6, 6.07) is 12.8. The molecule has 2 atom stereocenters. The molecule has 1 aliphatic rings. The van der Waals surface area contributed by atoms with Crippen LogP contribution in [0.5, 0.6) is 0 Å². The van der Waals surface area contributed by atoms with Crippen LogP contribution in [0, 0.1) is 0 Å². The van der Waals surface area contributed by atoms with E-state index in [1.807, 2.05) is 52.3 Å². The molecule has 0 aliphatic carbocycles. The van der Waals surface area contributed by atoms with Crippen LogP contribution in [0.15, 0.2) is 55.0 Å². The lowest BCUT2D eigenvalue weighted by atomic mass is 10.0. The minimum absolute atomic E-state index is 0.0134. The van der Waals surface area contributed by atoms with Gasteiger partial charge in [0.25, 0.3) is 0 Å². The second kappa shape index (κ2) is 13.2. The third-order valence-corrected chi connectivity index (χ3v) is 7.50. The number of primary amides is 1. The predicted octanol–water partition coefficient (Wildman–Crippen LogP) is 1.78. The first kappa shape index (κ1) is 28.8. The standard InChI is InChI=1S/C29H36N6O5/c1-33(25(29(39)40)11-12-26(30)36)28(38)18-34(16-21-8-4-7-20-6-2-3-10-24(20)21)17-23-9-5-13-35(23)27(37)14-22-15-31-19-32-22/h2-4,6-8,10,15,19,23,25H,5,9,11-14,16-18H2,1H3,(H2,30,36)(H,31,32)(H,39,40)/t23?,25-/m0/s1. The monoisotopic (exact) mass is 548 g/mol. The van der Waals surface area contributed by atoms with Gasteiger partial charge in [-0.15, -0.1) is 0 Å². The number of amides is 3. The highest BCUT2D eigenvalue weighted by atomic mass is 16.4. The van der Waals surface area contributed by atoms with Gasteiger partial charge in [-0.2, -0.15) is 0 Å². The molecule has 212 valence electrons. The van der Waals surface area contributed by atoms with E-state index in [1.165, 1.54) is 11.9 Å². The number of likely N-dealkylation sites (N-methyl/N-ethyl adjacent to an activating group) is 1. The zero-order valence-electron chi connectivity index (χ0n) is 22.7. The number of nitrogens with two attached hydrogens (primary N) is 1. The molecule has 4 rings (SSSR count). The van der Waals surface area contributed by atoms with Gasteiger partial charge in [0.05, 0.1) is 25.0 Å². The number of H-pyrrole nitrogens is 1. The van der Waals surface area contributed by atoms with E-state index in [-0.39, 0.29) is 43.7 Å². The Balaban J connectivity index is 1.54. The molecule has 0 spiro atoms. The summed E-state index contributed by atoms with van der Waals surface area (Å²) in [5, 5.41) is 11.9. The van der Waals surface area contributed by atoms with Crippen molar-refractivity contribution in [2.24, 2.45) is 5.73 Å². The topological polar surface area (TPSA) is 153 Å². The van der Waals surface area contributed by atoms with Gasteiger partial charge >= 0.3 is 5.97 Å². The van der Waals surface area contributed by atoms with Gasteiger partial charge in [-0.05, 0) is 35.6 Å². The van der Waals surface area contributed by atoms with E-state index in [9.17, 15) is 24.3 Å². The molecular weight excluding hydrogens is 512 g/mol. The second-order valence-corrected chi connectivity index (χ2v) is 10.3. The minimum atomic E-state index is -1.19. The summed E-state index contributed by atoms with van der Waals surface area (Å²) in [5.74, 6) is -2.21. The number of aromatic nitrogens is 2. The first-order chi connectivity index (χ1) is 19.2. The molecule has 1 aliphatic heterocycles. The highest BCUT2D eigenvalue weighted by Crippen LogP contribution is 2.24. The highest BCUT2D eigenvalue weighted by Gasteiger charge is 2.33. The van der Waals surface area contributed by atoms with Crippen molar-refractivity contribution in [2.75, 3.05) is 26.7 Å². The number of nitrogens with zero attached hydrogens (tertiary/aromatic N) is 4. The third kappa shape index (κ3) is 7.23. The van der Waals surface area contributed by atoms with Crippen molar-refractivity contribution >= 4 is 34.5 Å². The number of rotatable bonds is 13. The van der Waals surface area contributed by atoms with Crippen LogP contribution in [-0.4, -0.2) is 92.2 Å². The SMILES string of the molecule is CN(C(=O)CN(Cc1cccc2ccccc12)CC1CCCN1C(=O)Cc1c[nH]cn1)[C@@H](CCC(N)=O)C(=O)O. The molecule has 2 aromatic carbocycles. The Labute approximate surface area is 232 Å². The highest BCUT2D eigenvalue weighted by molar-refractivity contribution is 5.87. The Morgan fingerprint density at radius 2 is 1.95 bits per heavy atom. The smallest absolute Gasteiger partial charge is 0.326 e. The number of carbonyl (C=O) groups excluding carboxylic acids is 3. The molecule has 0 bridgehead atoms. The summed E-state index contributed by atoms with van der Waals surface area (Å²) >= 11 is 0. The first-order valence-electron chi connectivity index (χ1n) is 13.5. The minimum Gasteiger partial charge on any atom is -0.480 e. The lowest BCUT2D eigenvalue weighted by Crippen LogP contribution is -2.49. The first-order valence-corrected chi connectivity index (χ1v) is 13.5. The van der Waals surface area contributed by atoms with Gasteiger partial charge in [0.2, 0.25) is 17.7 Å². The fraction of sp³-hybridized carbons (Fsp3) is 0.414. The second-order valence-electron chi connectivity index (χ2n) is 10.3. The number of hydrogen-bond donors (Lipinski definition) is 3. The number of aliphatic carboxylic acids is 1. The van der Waals surface area contributed by atoms with Gasteiger partial charge < -0.3 is 25.6 Å². The summed E-state index contributed by atoms with van der Waals surface area (Å²) < 4.78 is 0. The lowest BCUT2D eigenvalue weighted by molar-refractivity contribution is -0.150. The number of nitrogens with one attached hydrogen (secondary N) is 1. The molecule has 3 amide bonds. The lowest BCUT2D eigenvalue weighted by Gasteiger charge is -2.33. The number of carboxylic acids is 1. The van der Waals surface area contributed by atoms with Gasteiger partial charge in [-0.25, -0.2) is 9.78 Å². The van der Waals surface area contributed by atoms with Crippen LogP contribution in [0.1, 0.15) is 36.9 Å². The Hall–Kier alpha value is -4.25. The van der Waals surface area contributed by atoms with Crippen molar-refractivity contribution in [3.8, 4) is 0 Å². The number of hydrogen-bond acceptors (Lipinski definition) is 6. The Morgan fingerprint density at radius 1 is 1.18 bits per heavy atom. The Bertz CT molecular complexity index is 1340. The summed E-state index contributed by atoms with van der Waals surface area (Å²) in [6.07, 6.45) is 4.93. The van der Waals surface area contributed by atoms with E-state index in [4.69, 9.17) is 5.73 Å². The molecule has 1 saturated heterocycles. The molecule has 1 unspecified atom stereocenters. The van der Waals surface area contributed by atoms with Crippen LogP contribution in [0.4, 0.5) is 0 Å². The predicted molar refractivity (Wildman–Crippen MR) is 149 cm³/mol. The molecule has 11 heteroatoms. The molecular formula is C29H36N6O5. The molecule has 2 heterocycles. The largest absolute Gasteiger partial charge is 0.480 e. The number of aromatic amines is 1. The summed E-state index contributed by atoms with van der Waals surface area (Å²) in [5.41, 5.74) is 6.93. The number of imidazole rings is 1. The van der Waals surface area contributed by atoms with Crippen molar-refractivity contribution in [3.63, 3.8) is 0 Å². The fourth-order valence-electron chi connectivity index (χ4n) is 5.39. The molecule has 1 fully saturated rings. The Morgan fingerprint density at radius 3 is 2.67 bits per heavy atom. The number of likely N-dealkylation sites (tertiary alicyclic amines) is 1. The van der Waals surface area contributed by atoms with E-state index >= 15 is 0 Å². The maximum absolute atomic E-state index is 13.4. The summed E-state index contributed by atoms with van der Waals surface area (Å²) in [6.45, 7) is 1.49. The number of carboxylic acid groups (broad SMARTS) is 1. The van der Waals surface area contributed by atoms with Crippen LogP contribution >= 0.6 is 0 Å². The van der Waals surface area contributed by atoms with Gasteiger partial charge in [-0.1, -0.05) is 42.5 Å². The van der Waals surface area contributed by atoms with Crippen molar-refractivity contribution in [2.45, 2.75) is 50.7 Å². The maximum Gasteiger partial charge on any atom is 0.326 e. The van der Waals surface area contributed by atoms with E-state index in [0.717, 1.165) is 29.2 Å². The zero-order chi connectivity index (χ0) is 28.6. The summed E-state index contributed by atoms with van der Waals surface area (Å²) in [7, 11) is 1.44. The number of benzene rings is 2. The maximum atomic E-state index is 13.4. The van der Waals surface area contributed by atoms with Crippen molar-refractivity contribution in [1.29, 1.82) is 0 Å². The van der Waals surface area contributed by atoms with Gasteiger partial charge in [0.15, 0.2) is 0 Å². The average Bonchev–Trinajstić information content (AvgIpc) is 3.60. The molecule has 3 aromatic rings. The molecule has 0 saturated carbocycles. The van der Waals surface area contributed by atoms with Crippen LogP contribution in [0.25, 0.3) is 10.8 Å². The molecule has 11 nitrogen and oxygen atoms in total. The van der Waals surface area contributed by atoms with Gasteiger partial charge in [0, 0.05) is 45.3 Å². The van der Waals surface area contributed by atoms with E-state index < -0.39 is 17.9 Å². The fourth-order valence-corrected chi connectivity index (χ4v) is 5.39. The van der Waals surface area contributed by atoms with Gasteiger partial charge in [-0.3, -0.25) is 19.3 Å².